The molecular formula is C14H18N2O3. The average molecular weight is 262 g/mol. The Labute approximate surface area is 112 Å². The first kappa shape index (κ1) is 13.5. The van der Waals surface area contributed by atoms with E-state index in [1.165, 1.54) is 31.3 Å². The molecule has 1 aromatic rings. The summed E-state index contributed by atoms with van der Waals surface area (Å²) >= 11 is 0. The van der Waals surface area contributed by atoms with Gasteiger partial charge in [-0.15, -0.1) is 0 Å². The summed E-state index contributed by atoms with van der Waals surface area (Å²) in [6.07, 6.45) is 9.14. The normalized spacial score (nSPS) is 16.6. The standard InChI is InChI=1S/C14H18N2O3/c17-13(10-5-3-1-2-4-6-10)16-12-7-11(14(18)19)8-15-9-12/h7-10H,1-6H2,(H,16,17)(H,18,19). The fourth-order valence-electron chi connectivity index (χ4n) is 2.41. The number of hydrogen-bond donors (Lipinski definition) is 2. The Kier molecular flexibility index (Phi) is 4.49. The highest BCUT2D eigenvalue weighted by Gasteiger charge is 2.20. The van der Waals surface area contributed by atoms with Crippen molar-refractivity contribution in [2.75, 3.05) is 5.32 Å². The molecule has 0 spiro atoms. The van der Waals surface area contributed by atoms with E-state index in [2.05, 4.69) is 10.3 Å². The highest BCUT2D eigenvalue weighted by atomic mass is 16.4. The third-order valence-electron chi connectivity index (χ3n) is 3.48. The highest BCUT2D eigenvalue weighted by Crippen LogP contribution is 2.24. The van der Waals surface area contributed by atoms with Crippen LogP contribution in [0.5, 0.6) is 0 Å². The topological polar surface area (TPSA) is 79.3 Å². The lowest BCUT2D eigenvalue weighted by Gasteiger charge is -2.14. The molecule has 2 N–H and O–H groups in total. The zero-order valence-electron chi connectivity index (χ0n) is 10.8. The van der Waals surface area contributed by atoms with Crippen LogP contribution < -0.4 is 5.32 Å². The molecule has 5 nitrogen and oxygen atoms in total. The van der Waals surface area contributed by atoms with Gasteiger partial charge in [0.15, 0.2) is 0 Å². The quantitative estimate of drug-likeness (QED) is 0.821. The maximum atomic E-state index is 12.1. The number of nitrogens with one attached hydrogen (secondary N) is 1. The second-order valence-electron chi connectivity index (χ2n) is 4.95. The number of rotatable bonds is 3. The molecule has 0 saturated heterocycles. The van der Waals surface area contributed by atoms with Crippen molar-refractivity contribution in [2.24, 2.45) is 5.92 Å². The molecule has 1 amide bonds. The summed E-state index contributed by atoms with van der Waals surface area (Å²) in [6.45, 7) is 0. The summed E-state index contributed by atoms with van der Waals surface area (Å²) in [6, 6.07) is 1.43. The van der Waals surface area contributed by atoms with Gasteiger partial charge in [-0.25, -0.2) is 4.79 Å². The molecule has 1 aliphatic rings. The summed E-state index contributed by atoms with van der Waals surface area (Å²) < 4.78 is 0. The van der Waals surface area contributed by atoms with Crippen LogP contribution in [0.4, 0.5) is 5.69 Å². The molecule has 1 aromatic heterocycles. The Hall–Kier alpha value is -1.91. The number of carbonyl (C=O) groups is 2. The molecular weight excluding hydrogens is 244 g/mol. The van der Waals surface area contributed by atoms with Gasteiger partial charge in [-0.1, -0.05) is 25.7 Å². The minimum atomic E-state index is -1.04. The van der Waals surface area contributed by atoms with Crippen LogP contribution in [0.2, 0.25) is 0 Å². The Morgan fingerprint density at radius 2 is 1.84 bits per heavy atom. The molecule has 1 aliphatic carbocycles. The van der Waals surface area contributed by atoms with Crippen LogP contribution in [0.25, 0.3) is 0 Å². The van der Waals surface area contributed by atoms with Gasteiger partial charge >= 0.3 is 5.97 Å². The lowest BCUT2D eigenvalue weighted by Crippen LogP contribution is -2.22. The Bertz CT molecular complexity index is 466. The van der Waals surface area contributed by atoms with Crippen LogP contribution in [-0.2, 0) is 4.79 Å². The highest BCUT2D eigenvalue weighted by molar-refractivity contribution is 5.94. The van der Waals surface area contributed by atoms with Crippen molar-refractivity contribution in [1.29, 1.82) is 0 Å². The second kappa shape index (κ2) is 6.31. The van der Waals surface area contributed by atoms with Crippen molar-refractivity contribution in [3.8, 4) is 0 Å². The molecule has 0 unspecified atom stereocenters. The van der Waals surface area contributed by atoms with Gasteiger partial charge < -0.3 is 10.4 Å². The van der Waals surface area contributed by atoms with Gasteiger partial charge in [0.2, 0.25) is 5.91 Å². The number of aromatic carboxylic acids is 1. The molecule has 0 radical (unpaired) electrons. The van der Waals surface area contributed by atoms with Gasteiger partial charge in [0, 0.05) is 12.1 Å². The molecule has 0 atom stereocenters. The van der Waals surface area contributed by atoms with Gasteiger partial charge in [-0.2, -0.15) is 0 Å². The van der Waals surface area contributed by atoms with Crippen LogP contribution in [-0.4, -0.2) is 22.0 Å². The summed E-state index contributed by atoms with van der Waals surface area (Å²) in [5, 5.41) is 11.6. The molecule has 0 aromatic carbocycles. The maximum absolute atomic E-state index is 12.1. The molecule has 102 valence electrons. The van der Waals surface area contributed by atoms with Crippen molar-refractivity contribution in [3.63, 3.8) is 0 Å². The number of carboxylic acid groups (broad SMARTS) is 1. The Balaban J connectivity index is 2.01. The van der Waals surface area contributed by atoms with Crippen molar-refractivity contribution in [3.05, 3.63) is 24.0 Å². The lowest BCUT2D eigenvalue weighted by atomic mass is 9.99. The maximum Gasteiger partial charge on any atom is 0.337 e. The number of nitrogens with zero attached hydrogens (tertiary/aromatic N) is 1. The van der Waals surface area contributed by atoms with Crippen molar-refractivity contribution < 1.29 is 14.7 Å². The van der Waals surface area contributed by atoms with Crippen LogP contribution >= 0.6 is 0 Å². The number of amides is 1. The predicted octanol–water partition coefficient (Wildman–Crippen LogP) is 2.69. The van der Waals surface area contributed by atoms with E-state index in [-0.39, 0.29) is 17.4 Å². The molecule has 1 heterocycles. The minimum Gasteiger partial charge on any atom is -0.478 e. The van der Waals surface area contributed by atoms with E-state index < -0.39 is 5.97 Å². The van der Waals surface area contributed by atoms with E-state index >= 15 is 0 Å². The summed E-state index contributed by atoms with van der Waals surface area (Å²) in [4.78, 5) is 26.8. The van der Waals surface area contributed by atoms with Crippen LogP contribution in [0.3, 0.4) is 0 Å². The number of carboxylic acids is 1. The van der Waals surface area contributed by atoms with Crippen LogP contribution in [0, 0.1) is 5.92 Å². The number of hydrogen-bond acceptors (Lipinski definition) is 3. The van der Waals surface area contributed by atoms with E-state index in [9.17, 15) is 9.59 Å². The number of pyridine rings is 1. The van der Waals surface area contributed by atoms with Crippen molar-refractivity contribution in [2.45, 2.75) is 38.5 Å². The first-order chi connectivity index (χ1) is 9.16. The number of carbonyl (C=O) groups excluding carboxylic acids is 1. The minimum absolute atomic E-state index is 0.0220. The monoisotopic (exact) mass is 262 g/mol. The largest absolute Gasteiger partial charge is 0.478 e. The summed E-state index contributed by atoms with van der Waals surface area (Å²) in [5.74, 6) is -1.03. The van der Waals surface area contributed by atoms with Crippen molar-refractivity contribution in [1.82, 2.24) is 4.98 Å². The number of aromatic nitrogens is 1. The molecule has 0 aliphatic heterocycles. The third-order valence-corrected chi connectivity index (χ3v) is 3.48. The van der Waals surface area contributed by atoms with E-state index in [4.69, 9.17) is 5.11 Å². The Morgan fingerprint density at radius 3 is 2.47 bits per heavy atom. The average Bonchev–Trinajstić information content (AvgIpc) is 2.68. The van der Waals surface area contributed by atoms with E-state index in [0.717, 1.165) is 25.7 Å². The fraction of sp³-hybridized carbons (Fsp3) is 0.500. The smallest absolute Gasteiger partial charge is 0.337 e. The van der Waals surface area contributed by atoms with Crippen LogP contribution in [0.15, 0.2) is 18.5 Å². The van der Waals surface area contributed by atoms with Gasteiger partial charge in [0.05, 0.1) is 17.4 Å². The molecule has 19 heavy (non-hydrogen) atoms. The van der Waals surface area contributed by atoms with E-state index in [1.807, 2.05) is 0 Å². The van der Waals surface area contributed by atoms with E-state index in [0.29, 0.717) is 5.69 Å². The molecule has 0 bridgehead atoms. The second-order valence-corrected chi connectivity index (χ2v) is 4.95. The molecule has 1 fully saturated rings. The van der Waals surface area contributed by atoms with Crippen LogP contribution in [0.1, 0.15) is 48.9 Å². The Morgan fingerprint density at radius 1 is 1.16 bits per heavy atom. The predicted molar refractivity (Wildman–Crippen MR) is 71.0 cm³/mol. The van der Waals surface area contributed by atoms with Gasteiger partial charge in [-0.3, -0.25) is 9.78 Å². The van der Waals surface area contributed by atoms with Gasteiger partial charge in [0.25, 0.3) is 0 Å². The fourth-order valence-corrected chi connectivity index (χ4v) is 2.41. The lowest BCUT2D eigenvalue weighted by molar-refractivity contribution is -0.120. The van der Waals surface area contributed by atoms with Gasteiger partial charge in [0.1, 0.15) is 0 Å². The molecule has 1 saturated carbocycles. The molecule has 5 heteroatoms. The SMILES string of the molecule is O=C(O)c1cncc(NC(=O)C2CCCCCC2)c1. The third kappa shape index (κ3) is 3.77. The zero-order valence-corrected chi connectivity index (χ0v) is 10.8. The van der Waals surface area contributed by atoms with E-state index in [1.54, 1.807) is 0 Å². The first-order valence-corrected chi connectivity index (χ1v) is 6.66. The zero-order chi connectivity index (χ0) is 13.7. The summed E-state index contributed by atoms with van der Waals surface area (Å²) in [5.41, 5.74) is 0.535. The van der Waals surface area contributed by atoms with Gasteiger partial charge in [-0.05, 0) is 18.9 Å². The summed E-state index contributed by atoms with van der Waals surface area (Å²) in [7, 11) is 0. The first-order valence-electron chi connectivity index (χ1n) is 6.66. The number of anilines is 1. The van der Waals surface area contributed by atoms with Crippen molar-refractivity contribution >= 4 is 17.6 Å². The molecule has 2 rings (SSSR count).